The van der Waals surface area contributed by atoms with E-state index in [1.807, 2.05) is 18.2 Å². The average molecular weight is 260 g/mol. The molecule has 2 aromatic rings. The molecule has 0 bridgehead atoms. The summed E-state index contributed by atoms with van der Waals surface area (Å²) in [5.41, 5.74) is 6.05. The molecule has 92 valence electrons. The number of methoxy groups -OCH3 is 1. The minimum Gasteiger partial charge on any atom is -0.493 e. The molecule has 0 spiro atoms. The summed E-state index contributed by atoms with van der Waals surface area (Å²) in [5, 5.41) is 0. The molecule has 0 amide bonds. The van der Waals surface area contributed by atoms with E-state index in [2.05, 4.69) is 4.98 Å². The second kappa shape index (κ2) is 5.46. The summed E-state index contributed by atoms with van der Waals surface area (Å²) in [6.07, 6.45) is 0. The fourth-order valence-corrected chi connectivity index (χ4v) is 1.54. The maximum Gasteiger partial charge on any atom is 0.220 e. The number of hydrogen-bond donors (Lipinski definition) is 1. The highest BCUT2D eigenvalue weighted by Gasteiger charge is 2.06. The van der Waals surface area contributed by atoms with E-state index in [9.17, 15) is 0 Å². The van der Waals surface area contributed by atoms with Crippen LogP contribution in [-0.2, 0) is 0 Å². The fourth-order valence-electron chi connectivity index (χ4n) is 1.42. The van der Waals surface area contributed by atoms with Gasteiger partial charge in [-0.05, 0) is 18.2 Å². The van der Waals surface area contributed by atoms with Gasteiger partial charge in [0.25, 0.3) is 0 Å². The van der Waals surface area contributed by atoms with Crippen molar-refractivity contribution in [2.75, 3.05) is 7.11 Å². The van der Waals surface area contributed by atoms with Crippen LogP contribution in [0.1, 0.15) is 5.69 Å². The zero-order valence-corrected chi connectivity index (χ0v) is 10.6. The predicted molar refractivity (Wildman–Crippen MR) is 73.2 cm³/mol. The van der Waals surface area contributed by atoms with E-state index in [4.69, 9.17) is 27.4 Å². The van der Waals surface area contributed by atoms with Crippen molar-refractivity contribution in [3.05, 3.63) is 48.2 Å². The highest BCUT2D eigenvalue weighted by Crippen LogP contribution is 2.29. The Balaban J connectivity index is 2.28. The molecule has 0 saturated carbocycles. The van der Waals surface area contributed by atoms with Crippen molar-refractivity contribution >= 4 is 17.2 Å². The number of para-hydroxylation sites is 2. The molecule has 5 heteroatoms. The minimum atomic E-state index is 0.237. The lowest BCUT2D eigenvalue weighted by molar-refractivity contribution is 0.374. The molecule has 0 atom stereocenters. The molecule has 1 aromatic carbocycles. The third-order valence-electron chi connectivity index (χ3n) is 2.26. The Morgan fingerprint density at radius 3 is 2.50 bits per heavy atom. The molecule has 0 aliphatic rings. The Bertz CT molecular complexity index is 572. The minimum absolute atomic E-state index is 0.237. The van der Waals surface area contributed by atoms with Gasteiger partial charge < -0.3 is 15.2 Å². The van der Waals surface area contributed by atoms with Crippen LogP contribution in [0.2, 0.25) is 0 Å². The molecule has 2 N–H and O–H groups in total. The van der Waals surface area contributed by atoms with Crippen LogP contribution in [-0.4, -0.2) is 17.1 Å². The number of ether oxygens (including phenoxy) is 2. The molecule has 1 aromatic heterocycles. The number of pyridine rings is 1. The van der Waals surface area contributed by atoms with Gasteiger partial charge in [-0.3, -0.25) is 0 Å². The van der Waals surface area contributed by atoms with E-state index < -0.39 is 0 Å². The van der Waals surface area contributed by atoms with Crippen molar-refractivity contribution in [2.24, 2.45) is 5.73 Å². The van der Waals surface area contributed by atoms with Crippen molar-refractivity contribution in [3.8, 4) is 17.4 Å². The molecule has 0 aliphatic carbocycles. The lowest BCUT2D eigenvalue weighted by Gasteiger charge is -2.09. The van der Waals surface area contributed by atoms with Crippen LogP contribution in [0.3, 0.4) is 0 Å². The summed E-state index contributed by atoms with van der Waals surface area (Å²) in [5.74, 6) is 1.65. The summed E-state index contributed by atoms with van der Waals surface area (Å²) in [6.45, 7) is 0. The molecule has 18 heavy (non-hydrogen) atoms. The molecule has 0 radical (unpaired) electrons. The highest BCUT2D eigenvalue weighted by molar-refractivity contribution is 7.80. The van der Waals surface area contributed by atoms with E-state index in [1.165, 1.54) is 0 Å². The van der Waals surface area contributed by atoms with E-state index >= 15 is 0 Å². The Morgan fingerprint density at radius 2 is 1.83 bits per heavy atom. The van der Waals surface area contributed by atoms with Crippen LogP contribution in [0.15, 0.2) is 42.5 Å². The van der Waals surface area contributed by atoms with Gasteiger partial charge in [0.05, 0.1) is 7.11 Å². The van der Waals surface area contributed by atoms with Crippen LogP contribution in [0.5, 0.6) is 17.4 Å². The lowest BCUT2D eigenvalue weighted by atomic mass is 10.3. The zero-order chi connectivity index (χ0) is 13.0. The quantitative estimate of drug-likeness (QED) is 0.856. The van der Waals surface area contributed by atoms with Crippen molar-refractivity contribution in [2.45, 2.75) is 0 Å². The van der Waals surface area contributed by atoms with Gasteiger partial charge in [0.2, 0.25) is 5.88 Å². The summed E-state index contributed by atoms with van der Waals surface area (Å²) in [7, 11) is 1.58. The molecule has 1 heterocycles. The van der Waals surface area contributed by atoms with E-state index in [-0.39, 0.29) is 4.99 Å². The Kier molecular flexibility index (Phi) is 3.74. The first-order valence-corrected chi connectivity index (χ1v) is 5.69. The third-order valence-corrected chi connectivity index (χ3v) is 2.47. The predicted octanol–water partition coefficient (Wildman–Crippen LogP) is 2.52. The molecule has 0 fully saturated rings. The Morgan fingerprint density at radius 1 is 1.11 bits per heavy atom. The van der Waals surface area contributed by atoms with Gasteiger partial charge in [-0.2, -0.15) is 0 Å². The van der Waals surface area contributed by atoms with Gasteiger partial charge in [-0.15, -0.1) is 0 Å². The average Bonchev–Trinajstić information content (AvgIpc) is 2.39. The monoisotopic (exact) mass is 260 g/mol. The van der Waals surface area contributed by atoms with Gasteiger partial charge in [-0.25, -0.2) is 4.98 Å². The lowest BCUT2D eigenvalue weighted by Crippen LogP contribution is -2.11. The Labute approximate surface area is 110 Å². The van der Waals surface area contributed by atoms with Crippen LogP contribution >= 0.6 is 12.2 Å². The zero-order valence-electron chi connectivity index (χ0n) is 9.79. The maximum atomic E-state index is 5.64. The van der Waals surface area contributed by atoms with Crippen LogP contribution in [0.25, 0.3) is 0 Å². The van der Waals surface area contributed by atoms with Crippen molar-refractivity contribution in [1.82, 2.24) is 4.98 Å². The van der Waals surface area contributed by atoms with Crippen LogP contribution < -0.4 is 15.2 Å². The standard InChI is InChI=1S/C13H12N2O2S/c1-16-10-6-2-3-7-11(10)17-12-8-4-5-9(15-12)13(14)18/h2-8H,1H3,(H2,14,18). The summed E-state index contributed by atoms with van der Waals surface area (Å²) < 4.78 is 10.8. The first-order valence-electron chi connectivity index (χ1n) is 5.28. The van der Waals surface area contributed by atoms with Crippen molar-refractivity contribution in [1.29, 1.82) is 0 Å². The van der Waals surface area contributed by atoms with Gasteiger partial charge in [0.15, 0.2) is 11.5 Å². The van der Waals surface area contributed by atoms with Gasteiger partial charge in [0, 0.05) is 6.07 Å². The highest BCUT2D eigenvalue weighted by atomic mass is 32.1. The smallest absolute Gasteiger partial charge is 0.220 e. The van der Waals surface area contributed by atoms with E-state index in [0.717, 1.165) is 0 Å². The molecular formula is C13H12N2O2S. The van der Waals surface area contributed by atoms with Crippen molar-refractivity contribution < 1.29 is 9.47 Å². The topological polar surface area (TPSA) is 57.4 Å². The first kappa shape index (κ1) is 12.3. The third kappa shape index (κ3) is 2.75. The van der Waals surface area contributed by atoms with Crippen molar-refractivity contribution in [3.63, 3.8) is 0 Å². The number of nitrogens with two attached hydrogens (primary N) is 1. The summed E-state index contributed by atoms with van der Waals surface area (Å²) in [6, 6.07) is 12.6. The first-order chi connectivity index (χ1) is 8.70. The molecule has 0 saturated heterocycles. The number of hydrogen-bond acceptors (Lipinski definition) is 4. The fraction of sp³-hybridized carbons (Fsp3) is 0.0769. The second-order valence-electron chi connectivity index (χ2n) is 3.48. The van der Waals surface area contributed by atoms with E-state index in [0.29, 0.717) is 23.1 Å². The largest absolute Gasteiger partial charge is 0.493 e. The van der Waals surface area contributed by atoms with E-state index in [1.54, 1.807) is 31.4 Å². The maximum absolute atomic E-state index is 5.64. The molecule has 2 rings (SSSR count). The Hall–Kier alpha value is -2.14. The number of aromatic nitrogens is 1. The number of nitrogens with zero attached hydrogens (tertiary/aromatic N) is 1. The van der Waals surface area contributed by atoms with Crippen LogP contribution in [0, 0.1) is 0 Å². The van der Waals surface area contributed by atoms with Crippen LogP contribution in [0.4, 0.5) is 0 Å². The molecular weight excluding hydrogens is 248 g/mol. The number of rotatable bonds is 4. The summed E-state index contributed by atoms with van der Waals surface area (Å²) >= 11 is 4.87. The normalized spacial score (nSPS) is 9.83. The SMILES string of the molecule is COc1ccccc1Oc1cccc(C(N)=S)n1. The number of thiocarbonyl (C=S) groups is 1. The van der Waals surface area contributed by atoms with Gasteiger partial charge in [-0.1, -0.05) is 30.4 Å². The van der Waals surface area contributed by atoms with Gasteiger partial charge >= 0.3 is 0 Å². The molecule has 0 aliphatic heterocycles. The second-order valence-corrected chi connectivity index (χ2v) is 3.92. The van der Waals surface area contributed by atoms with Gasteiger partial charge in [0.1, 0.15) is 10.7 Å². The number of benzene rings is 1. The molecule has 0 unspecified atom stereocenters. The molecule has 4 nitrogen and oxygen atoms in total. The summed E-state index contributed by atoms with van der Waals surface area (Å²) in [4.78, 5) is 4.44.